The maximum absolute atomic E-state index is 12.2. The number of rotatable bonds is 5. The van der Waals surface area contributed by atoms with Gasteiger partial charge in [-0.2, -0.15) is 0 Å². The summed E-state index contributed by atoms with van der Waals surface area (Å²) in [7, 11) is 3.52. The van der Waals surface area contributed by atoms with Crippen LogP contribution in [0, 0.1) is 0 Å². The van der Waals surface area contributed by atoms with Gasteiger partial charge in [0.05, 0.1) is 19.1 Å². The fourth-order valence-electron chi connectivity index (χ4n) is 4.46. The second-order valence-electron chi connectivity index (χ2n) is 8.72. The van der Waals surface area contributed by atoms with E-state index in [4.69, 9.17) is 9.73 Å². The molecule has 6 nitrogen and oxygen atoms in total. The van der Waals surface area contributed by atoms with Crippen LogP contribution in [0.25, 0.3) is 0 Å². The number of aliphatic imine (C=N–C) groups is 1. The number of amides is 1. The van der Waals surface area contributed by atoms with Gasteiger partial charge in [0.2, 0.25) is 5.91 Å². The summed E-state index contributed by atoms with van der Waals surface area (Å²) in [5.41, 5.74) is 2.17. The Bertz CT molecular complexity index is 927. The summed E-state index contributed by atoms with van der Waals surface area (Å²) >= 11 is 0. The molecule has 2 aliphatic rings. The van der Waals surface area contributed by atoms with Crippen LogP contribution in [-0.2, 0) is 11.3 Å². The minimum atomic E-state index is -0.101. The van der Waals surface area contributed by atoms with Crippen LogP contribution in [0.2, 0.25) is 0 Å². The van der Waals surface area contributed by atoms with E-state index >= 15 is 0 Å². The highest BCUT2D eigenvalue weighted by Crippen LogP contribution is 2.46. The lowest BCUT2D eigenvalue weighted by Gasteiger charge is -2.40. The average molecular weight is 548 g/mol. The summed E-state index contributed by atoms with van der Waals surface area (Å²) in [5.74, 6) is 1.61. The van der Waals surface area contributed by atoms with E-state index in [0.29, 0.717) is 12.5 Å². The molecular formula is C25H33IN4O2. The number of carbonyl (C=O) groups excluding carboxylic acids is 1. The van der Waals surface area contributed by atoms with Gasteiger partial charge in [-0.25, -0.2) is 4.99 Å². The molecule has 1 aliphatic heterocycles. The molecule has 0 bridgehead atoms. The summed E-state index contributed by atoms with van der Waals surface area (Å²) in [4.78, 5) is 18.5. The number of benzene rings is 2. The molecule has 0 saturated heterocycles. The minimum Gasteiger partial charge on any atom is -0.487 e. The smallest absolute Gasteiger partial charge is 0.241 e. The third-order valence-electron chi connectivity index (χ3n) is 6.19. The number of guanidine groups is 1. The molecule has 32 heavy (non-hydrogen) atoms. The first-order valence-electron chi connectivity index (χ1n) is 11.1. The van der Waals surface area contributed by atoms with Gasteiger partial charge in [-0.05, 0) is 37.3 Å². The Morgan fingerprint density at radius 2 is 1.78 bits per heavy atom. The zero-order valence-electron chi connectivity index (χ0n) is 18.8. The van der Waals surface area contributed by atoms with Gasteiger partial charge in [0.15, 0.2) is 5.96 Å². The molecule has 4 rings (SSSR count). The normalized spacial score (nSPS) is 18.8. The van der Waals surface area contributed by atoms with E-state index in [9.17, 15) is 4.79 Å². The highest BCUT2D eigenvalue weighted by molar-refractivity contribution is 14.0. The average Bonchev–Trinajstić information content (AvgIpc) is 3.23. The zero-order chi connectivity index (χ0) is 21.7. The van der Waals surface area contributed by atoms with E-state index in [0.717, 1.165) is 36.1 Å². The highest BCUT2D eigenvalue weighted by atomic mass is 127. The number of nitrogens with one attached hydrogen (secondary N) is 2. The van der Waals surface area contributed by atoms with Crippen LogP contribution in [0.5, 0.6) is 5.75 Å². The predicted molar refractivity (Wildman–Crippen MR) is 138 cm³/mol. The second-order valence-corrected chi connectivity index (χ2v) is 8.72. The topological polar surface area (TPSA) is 66.0 Å². The molecule has 1 spiro atoms. The monoisotopic (exact) mass is 548 g/mol. The Kier molecular flexibility index (Phi) is 8.39. The first kappa shape index (κ1) is 24.4. The van der Waals surface area contributed by atoms with E-state index < -0.39 is 0 Å². The predicted octanol–water partition coefficient (Wildman–Crippen LogP) is 4.26. The molecule has 7 heteroatoms. The van der Waals surface area contributed by atoms with Crippen molar-refractivity contribution in [3.05, 3.63) is 65.7 Å². The van der Waals surface area contributed by atoms with E-state index in [-0.39, 0.29) is 48.1 Å². The van der Waals surface area contributed by atoms with Gasteiger partial charge in [-0.15, -0.1) is 24.0 Å². The summed E-state index contributed by atoms with van der Waals surface area (Å²) in [6.07, 6.45) is 5.49. The maximum atomic E-state index is 12.2. The molecule has 0 radical (unpaired) electrons. The number of fused-ring (bicyclic) bond motifs is 1. The van der Waals surface area contributed by atoms with Gasteiger partial charge in [0.25, 0.3) is 0 Å². The molecule has 1 atom stereocenters. The van der Waals surface area contributed by atoms with Crippen molar-refractivity contribution >= 4 is 35.8 Å². The molecule has 2 N–H and O–H groups in total. The van der Waals surface area contributed by atoms with Crippen molar-refractivity contribution in [1.29, 1.82) is 0 Å². The minimum absolute atomic E-state index is 0. The molecular weight excluding hydrogens is 515 g/mol. The van der Waals surface area contributed by atoms with E-state index in [1.54, 1.807) is 19.0 Å². The van der Waals surface area contributed by atoms with Gasteiger partial charge in [-0.3, -0.25) is 4.79 Å². The third kappa shape index (κ3) is 5.94. The Morgan fingerprint density at radius 3 is 2.50 bits per heavy atom. The van der Waals surface area contributed by atoms with Crippen molar-refractivity contribution in [2.75, 3.05) is 20.6 Å². The van der Waals surface area contributed by atoms with Gasteiger partial charge >= 0.3 is 0 Å². The van der Waals surface area contributed by atoms with E-state index in [2.05, 4.69) is 34.9 Å². The Labute approximate surface area is 207 Å². The molecule has 1 aliphatic carbocycles. The third-order valence-corrected chi connectivity index (χ3v) is 6.19. The fourth-order valence-corrected chi connectivity index (χ4v) is 4.46. The van der Waals surface area contributed by atoms with Gasteiger partial charge < -0.3 is 20.3 Å². The first-order chi connectivity index (χ1) is 15.0. The zero-order valence-corrected chi connectivity index (χ0v) is 21.2. The Hall–Kier alpha value is -2.29. The highest BCUT2D eigenvalue weighted by Gasteiger charge is 2.43. The van der Waals surface area contributed by atoms with Gasteiger partial charge in [0.1, 0.15) is 11.4 Å². The lowest BCUT2D eigenvalue weighted by Crippen LogP contribution is -2.48. The largest absolute Gasteiger partial charge is 0.487 e. The number of hydrogen-bond donors (Lipinski definition) is 2. The second kappa shape index (κ2) is 11.0. The van der Waals surface area contributed by atoms with Gasteiger partial charge in [0, 0.05) is 26.1 Å². The summed E-state index contributed by atoms with van der Waals surface area (Å²) in [5, 5.41) is 6.85. The van der Waals surface area contributed by atoms with Crippen molar-refractivity contribution in [3.8, 4) is 5.75 Å². The Morgan fingerprint density at radius 1 is 1.09 bits per heavy atom. The number of para-hydroxylation sites is 1. The van der Waals surface area contributed by atoms with Crippen molar-refractivity contribution in [2.45, 2.75) is 50.3 Å². The molecule has 0 aromatic heterocycles. The summed E-state index contributed by atoms with van der Waals surface area (Å²) < 4.78 is 6.49. The van der Waals surface area contributed by atoms with Gasteiger partial charge in [-0.1, -0.05) is 48.5 Å². The SMILES string of the molecule is CN(C)C(=O)CNC(=NCc1ccccc1)NC1CC2(CCCC2)Oc2ccccc21.I. The molecule has 1 saturated carbocycles. The van der Waals surface area contributed by atoms with Crippen LogP contribution >= 0.6 is 24.0 Å². The van der Waals surface area contributed by atoms with Crippen LogP contribution in [-0.4, -0.2) is 43.0 Å². The number of likely N-dealkylation sites (N-methyl/N-ethyl adjacent to an activating group) is 1. The number of halogens is 1. The number of hydrogen-bond acceptors (Lipinski definition) is 3. The number of nitrogens with zero attached hydrogens (tertiary/aromatic N) is 2. The lowest BCUT2D eigenvalue weighted by atomic mass is 9.86. The summed E-state index contributed by atoms with van der Waals surface area (Å²) in [6.45, 7) is 0.742. The van der Waals surface area contributed by atoms with Crippen molar-refractivity contribution in [3.63, 3.8) is 0 Å². The lowest BCUT2D eigenvalue weighted by molar-refractivity contribution is -0.127. The van der Waals surface area contributed by atoms with Crippen molar-refractivity contribution in [2.24, 2.45) is 4.99 Å². The molecule has 2 aromatic carbocycles. The van der Waals surface area contributed by atoms with Crippen LogP contribution in [0.15, 0.2) is 59.6 Å². The standard InChI is InChI=1S/C25H32N4O2.HI/c1-29(2)23(30)18-27-24(26-17-19-10-4-3-5-11-19)28-21-16-25(14-8-9-15-25)31-22-13-7-6-12-20(21)22;/h3-7,10-13,21H,8-9,14-18H2,1-2H3,(H2,26,27,28);1H. The summed E-state index contributed by atoms with van der Waals surface area (Å²) in [6, 6.07) is 18.5. The van der Waals surface area contributed by atoms with Crippen LogP contribution in [0.3, 0.4) is 0 Å². The molecule has 1 unspecified atom stereocenters. The quantitative estimate of drug-likeness (QED) is 0.333. The molecule has 1 fully saturated rings. The first-order valence-corrected chi connectivity index (χ1v) is 11.1. The van der Waals surface area contributed by atoms with Crippen LogP contribution < -0.4 is 15.4 Å². The van der Waals surface area contributed by atoms with Crippen LogP contribution in [0.1, 0.15) is 49.3 Å². The fraction of sp³-hybridized carbons (Fsp3) is 0.440. The van der Waals surface area contributed by atoms with Crippen molar-refractivity contribution < 1.29 is 9.53 Å². The maximum Gasteiger partial charge on any atom is 0.241 e. The van der Waals surface area contributed by atoms with Crippen LogP contribution in [0.4, 0.5) is 0 Å². The Balaban J connectivity index is 0.00000289. The molecule has 172 valence electrons. The van der Waals surface area contributed by atoms with Crippen molar-refractivity contribution in [1.82, 2.24) is 15.5 Å². The number of ether oxygens (including phenoxy) is 1. The van der Waals surface area contributed by atoms with E-state index in [1.165, 1.54) is 12.8 Å². The molecule has 1 heterocycles. The van der Waals surface area contributed by atoms with E-state index in [1.807, 2.05) is 30.3 Å². The number of carbonyl (C=O) groups is 1. The molecule has 1 amide bonds. The molecule has 2 aromatic rings.